The van der Waals surface area contributed by atoms with Crippen LogP contribution in [0.2, 0.25) is 0 Å². The van der Waals surface area contributed by atoms with Crippen LogP contribution < -0.4 is 5.32 Å². The van der Waals surface area contributed by atoms with Crippen molar-refractivity contribution < 1.29 is 26.7 Å². The second-order valence-electron chi connectivity index (χ2n) is 8.99. The van der Waals surface area contributed by atoms with Gasteiger partial charge in [0.15, 0.2) is 5.69 Å². The van der Waals surface area contributed by atoms with Gasteiger partial charge in [-0.05, 0) is 57.4 Å². The number of nitrogens with one attached hydrogen (secondary N) is 1. The molecule has 1 amide bonds. The van der Waals surface area contributed by atoms with Crippen molar-refractivity contribution in [1.82, 2.24) is 14.7 Å². The molecule has 0 atom stereocenters. The Morgan fingerprint density at radius 2 is 1.94 bits per heavy atom. The molecule has 11 heteroatoms. The van der Waals surface area contributed by atoms with Gasteiger partial charge in [-0.2, -0.15) is 30.2 Å². The van der Waals surface area contributed by atoms with Crippen molar-refractivity contribution in [1.29, 1.82) is 5.26 Å². The van der Waals surface area contributed by atoms with E-state index in [1.807, 2.05) is 26.2 Å². The lowest BCUT2D eigenvalue weighted by Gasteiger charge is -2.28. The van der Waals surface area contributed by atoms with E-state index in [1.165, 1.54) is 12.1 Å². The number of carbonyl (C=O) groups is 1. The summed E-state index contributed by atoms with van der Waals surface area (Å²) in [7, 11) is 0. The van der Waals surface area contributed by atoms with Crippen LogP contribution in [0.5, 0.6) is 0 Å². The molecule has 0 aliphatic heterocycles. The maximum absolute atomic E-state index is 13.8. The third kappa shape index (κ3) is 5.78. The minimum absolute atomic E-state index is 0.0264. The van der Waals surface area contributed by atoms with Gasteiger partial charge in [0.25, 0.3) is 5.91 Å². The lowest BCUT2D eigenvalue weighted by molar-refractivity contribution is -0.141. The van der Waals surface area contributed by atoms with E-state index < -0.39 is 23.7 Å². The summed E-state index contributed by atoms with van der Waals surface area (Å²) in [5, 5.41) is 12.4. The number of pyridine rings is 1. The SMILES string of the molecule is CSC(C)(C)CNC(=O)c1cc(C#N)n2c(CC3CCC(F)(F)CC3)c(C(F)(F)F)nc2c1. The Morgan fingerprint density at radius 3 is 2.48 bits per heavy atom. The zero-order valence-corrected chi connectivity index (χ0v) is 19.3. The fourth-order valence-electron chi connectivity index (χ4n) is 3.90. The molecule has 2 aromatic heterocycles. The van der Waals surface area contributed by atoms with E-state index in [4.69, 9.17) is 0 Å². The number of thioether (sulfide) groups is 1. The van der Waals surface area contributed by atoms with Crippen molar-refractivity contribution in [2.75, 3.05) is 12.8 Å². The fourth-order valence-corrected chi connectivity index (χ4v) is 4.12. The van der Waals surface area contributed by atoms with Gasteiger partial charge in [0.2, 0.25) is 5.92 Å². The monoisotopic (exact) mass is 488 g/mol. The number of nitrogens with zero attached hydrogens (tertiary/aromatic N) is 3. The fraction of sp³-hybridized carbons (Fsp3) is 0.591. The van der Waals surface area contributed by atoms with Gasteiger partial charge in [-0.25, -0.2) is 13.8 Å². The minimum Gasteiger partial charge on any atom is -0.351 e. The average molecular weight is 489 g/mol. The maximum Gasteiger partial charge on any atom is 0.435 e. The summed E-state index contributed by atoms with van der Waals surface area (Å²) < 4.78 is 69.2. The highest BCUT2D eigenvalue weighted by atomic mass is 32.2. The highest BCUT2D eigenvalue weighted by molar-refractivity contribution is 7.99. The molecule has 0 aromatic carbocycles. The number of carbonyl (C=O) groups excluding carboxylic acids is 1. The Hall–Kier alpha value is -2.35. The number of fused-ring (bicyclic) bond motifs is 1. The molecule has 3 rings (SSSR count). The molecular weight excluding hydrogens is 463 g/mol. The smallest absolute Gasteiger partial charge is 0.351 e. The number of rotatable bonds is 6. The Bertz CT molecular complexity index is 1080. The lowest BCUT2D eigenvalue weighted by Crippen LogP contribution is -2.36. The zero-order valence-electron chi connectivity index (χ0n) is 18.5. The van der Waals surface area contributed by atoms with Crippen LogP contribution in [0.4, 0.5) is 22.0 Å². The van der Waals surface area contributed by atoms with Crippen molar-refractivity contribution in [3.63, 3.8) is 0 Å². The summed E-state index contributed by atoms with van der Waals surface area (Å²) in [6.45, 7) is 4.18. The molecule has 0 bridgehead atoms. The molecule has 0 saturated heterocycles. The molecule has 2 heterocycles. The molecule has 1 N–H and O–H groups in total. The summed E-state index contributed by atoms with van der Waals surface area (Å²) in [5.74, 6) is -3.70. The van der Waals surface area contributed by atoms with Gasteiger partial charge in [0.05, 0.1) is 5.69 Å². The van der Waals surface area contributed by atoms with Crippen molar-refractivity contribution in [3.05, 3.63) is 34.8 Å². The molecule has 0 spiro atoms. The first kappa shape index (κ1) is 25.3. The number of aromatic nitrogens is 2. The molecule has 0 unspecified atom stereocenters. The van der Waals surface area contributed by atoms with Gasteiger partial charge in [0.1, 0.15) is 17.4 Å². The van der Waals surface area contributed by atoms with Gasteiger partial charge in [-0.15, -0.1) is 0 Å². The van der Waals surface area contributed by atoms with Crippen LogP contribution in [-0.2, 0) is 12.6 Å². The van der Waals surface area contributed by atoms with E-state index in [2.05, 4.69) is 10.3 Å². The van der Waals surface area contributed by atoms with Crippen LogP contribution in [0.3, 0.4) is 0 Å². The summed E-state index contributed by atoms with van der Waals surface area (Å²) in [6.07, 6.45) is -3.61. The van der Waals surface area contributed by atoms with Crippen LogP contribution in [0, 0.1) is 17.2 Å². The van der Waals surface area contributed by atoms with E-state index in [9.17, 15) is 32.0 Å². The molecule has 1 fully saturated rings. The molecule has 1 saturated carbocycles. The number of alkyl halides is 5. The summed E-state index contributed by atoms with van der Waals surface area (Å²) in [4.78, 5) is 16.3. The molecule has 5 nitrogen and oxygen atoms in total. The predicted molar refractivity (Wildman–Crippen MR) is 115 cm³/mol. The second kappa shape index (κ2) is 9.12. The predicted octanol–water partition coefficient (Wildman–Crippen LogP) is 5.46. The first-order chi connectivity index (χ1) is 15.3. The van der Waals surface area contributed by atoms with Gasteiger partial charge < -0.3 is 5.32 Å². The zero-order chi connectivity index (χ0) is 24.6. The molecule has 33 heavy (non-hydrogen) atoms. The first-order valence-corrected chi connectivity index (χ1v) is 11.7. The Balaban J connectivity index is 2.00. The quantitative estimate of drug-likeness (QED) is 0.548. The maximum atomic E-state index is 13.8. The van der Waals surface area contributed by atoms with Crippen LogP contribution in [0.25, 0.3) is 5.65 Å². The van der Waals surface area contributed by atoms with Gasteiger partial charge in [-0.3, -0.25) is 9.20 Å². The molecule has 1 aliphatic carbocycles. The molecule has 1 aliphatic rings. The van der Waals surface area contributed by atoms with Crippen molar-refractivity contribution in [2.45, 2.75) is 62.8 Å². The molecule has 2 aromatic rings. The third-order valence-corrected chi connectivity index (χ3v) is 7.26. The van der Waals surface area contributed by atoms with Gasteiger partial charge in [0, 0.05) is 29.7 Å². The summed E-state index contributed by atoms with van der Waals surface area (Å²) in [6, 6.07) is 4.30. The Labute approximate surface area is 192 Å². The highest BCUT2D eigenvalue weighted by Gasteiger charge is 2.41. The van der Waals surface area contributed by atoms with Crippen LogP contribution in [0.1, 0.15) is 67.0 Å². The van der Waals surface area contributed by atoms with Crippen LogP contribution in [-0.4, -0.2) is 38.8 Å². The van der Waals surface area contributed by atoms with Crippen LogP contribution in [0.15, 0.2) is 12.1 Å². The summed E-state index contributed by atoms with van der Waals surface area (Å²) in [5.41, 5.74) is -1.71. The van der Waals surface area contributed by atoms with Gasteiger partial charge in [-0.1, -0.05) is 0 Å². The van der Waals surface area contributed by atoms with E-state index in [0.717, 1.165) is 4.40 Å². The van der Waals surface area contributed by atoms with Crippen molar-refractivity contribution in [2.24, 2.45) is 5.92 Å². The van der Waals surface area contributed by atoms with E-state index in [0.29, 0.717) is 6.54 Å². The van der Waals surface area contributed by atoms with E-state index in [-0.39, 0.29) is 65.4 Å². The molecule has 0 radical (unpaired) electrons. The van der Waals surface area contributed by atoms with Crippen molar-refractivity contribution >= 4 is 23.3 Å². The number of halogens is 5. The van der Waals surface area contributed by atoms with Crippen molar-refractivity contribution in [3.8, 4) is 6.07 Å². The second-order valence-corrected chi connectivity index (χ2v) is 10.5. The van der Waals surface area contributed by atoms with Gasteiger partial charge >= 0.3 is 6.18 Å². The largest absolute Gasteiger partial charge is 0.435 e. The minimum atomic E-state index is -4.79. The van der Waals surface area contributed by atoms with E-state index >= 15 is 0 Å². The standard InChI is InChI=1S/C22H25F5N4OS/c1-20(2,33-3)12-29-19(32)14-9-15(11-28)31-16(8-13-4-6-21(23,24)7-5-13)18(22(25,26)27)30-17(31)10-14/h9-10,13H,4-8,12H2,1-3H3,(H,29,32). The first-order valence-electron chi connectivity index (χ1n) is 10.5. The number of hydrogen-bond donors (Lipinski definition) is 1. The summed E-state index contributed by atoms with van der Waals surface area (Å²) >= 11 is 1.54. The number of hydrogen-bond acceptors (Lipinski definition) is 4. The Kier molecular flexibility index (Phi) is 6.99. The third-order valence-electron chi connectivity index (χ3n) is 6.01. The molecule has 180 valence electrons. The lowest BCUT2D eigenvalue weighted by atomic mass is 9.83. The topological polar surface area (TPSA) is 70.2 Å². The normalized spacial score (nSPS) is 17.2. The highest BCUT2D eigenvalue weighted by Crippen LogP contribution is 2.40. The number of nitriles is 1. The number of imidazole rings is 1. The number of amides is 1. The van der Waals surface area contributed by atoms with Crippen LogP contribution >= 0.6 is 11.8 Å². The van der Waals surface area contributed by atoms with E-state index in [1.54, 1.807) is 11.8 Å². The Morgan fingerprint density at radius 1 is 1.30 bits per heavy atom. The molecular formula is C22H25F5N4OS. The average Bonchev–Trinajstić information content (AvgIpc) is 3.11.